The van der Waals surface area contributed by atoms with E-state index in [0.717, 1.165) is 22.6 Å². The zero-order valence-electron chi connectivity index (χ0n) is 20.1. The van der Waals surface area contributed by atoms with E-state index in [0.29, 0.717) is 27.6 Å². The summed E-state index contributed by atoms with van der Waals surface area (Å²) in [5.41, 5.74) is 7.39. The predicted molar refractivity (Wildman–Crippen MR) is 139 cm³/mol. The van der Waals surface area contributed by atoms with Gasteiger partial charge >= 0.3 is 0 Å². The third kappa shape index (κ3) is 5.75. The monoisotopic (exact) mass is 505 g/mol. The van der Waals surface area contributed by atoms with Gasteiger partial charge in [-0.3, -0.25) is 4.79 Å². The third-order valence-corrected chi connectivity index (χ3v) is 5.91. The quantitative estimate of drug-likeness (QED) is 0.228. The largest absolute Gasteiger partial charge is 0.493 e. The molecule has 0 saturated heterocycles. The second-order valence-corrected chi connectivity index (χ2v) is 8.55. The van der Waals surface area contributed by atoms with Crippen LogP contribution in [-0.2, 0) is 6.61 Å². The standard InChI is InChI=1S/C28H25ClFN3O3/c1-18-4-5-19(2)33(18)23-11-12-24(25(29)15-23)28(34)32-31-16-21-8-13-26(27(14-21)35-3)36-17-20-6-9-22(30)10-7-20/h4-16H,17H2,1-3H3,(H,32,34)/b31-16-. The van der Waals surface area contributed by atoms with Crippen molar-refractivity contribution in [2.45, 2.75) is 20.5 Å². The van der Waals surface area contributed by atoms with E-state index in [1.54, 1.807) is 42.5 Å². The zero-order valence-corrected chi connectivity index (χ0v) is 20.8. The molecular weight excluding hydrogens is 481 g/mol. The number of halogens is 2. The molecule has 36 heavy (non-hydrogen) atoms. The zero-order chi connectivity index (χ0) is 25.7. The lowest BCUT2D eigenvalue weighted by Crippen LogP contribution is -2.18. The summed E-state index contributed by atoms with van der Waals surface area (Å²) in [4.78, 5) is 12.6. The highest BCUT2D eigenvalue weighted by Gasteiger charge is 2.13. The van der Waals surface area contributed by atoms with Crippen molar-refractivity contribution in [3.05, 3.63) is 112 Å². The number of aryl methyl sites for hydroxylation is 2. The molecule has 6 nitrogen and oxygen atoms in total. The van der Waals surface area contributed by atoms with Crippen molar-refractivity contribution in [1.82, 2.24) is 9.99 Å². The molecule has 4 aromatic rings. The van der Waals surface area contributed by atoms with Crippen LogP contribution >= 0.6 is 11.6 Å². The molecule has 1 heterocycles. The highest BCUT2D eigenvalue weighted by Crippen LogP contribution is 2.28. The van der Waals surface area contributed by atoms with Crippen LogP contribution in [0.2, 0.25) is 5.02 Å². The molecule has 0 aliphatic rings. The Bertz CT molecular complexity index is 1390. The van der Waals surface area contributed by atoms with Crippen molar-refractivity contribution in [2.75, 3.05) is 7.11 Å². The summed E-state index contributed by atoms with van der Waals surface area (Å²) in [5.74, 6) is 0.313. The van der Waals surface area contributed by atoms with Gasteiger partial charge in [-0.05, 0) is 85.6 Å². The van der Waals surface area contributed by atoms with Gasteiger partial charge in [0.1, 0.15) is 12.4 Å². The molecule has 0 radical (unpaired) electrons. The fraction of sp³-hybridized carbons (Fsp3) is 0.143. The van der Waals surface area contributed by atoms with Crippen LogP contribution in [0.25, 0.3) is 5.69 Å². The van der Waals surface area contributed by atoms with Gasteiger partial charge in [-0.25, -0.2) is 9.82 Å². The number of hydrogen-bond donors (Lipinski definition) is 1. The number of benzene rings is 3. The van der Waals surface area contributed by atoms with E-state index in [1.807, 2.05) is 32.0 Å². The highest BCUT2D eigenvalue weighted by atomic mass is 35.5. The Hall–Kier alpha value is -4.10. The van der Waals surface area contributed by atoms with Crippen LogP contribution in [0.4, 0.5) is 4.39 Å². The van der Waals surface area contributed by atoms with Crippen LogP contribution < -0.4 is 14.9 Å². The number of amides is 1. The fourth-order valence-corrected chi connectivity index (χ4v) is 4.01. The van der Waals surface area contributed by atoms with Gasteiger partial charge in [0.05, 0.1) is 23.9 Å². The molecule has 0 unspecified atom stereocenters. The number of carbonyl (C=O) groups is 1. The minimum Gasteiger partial charge on any atom is -0.493 e. The van der Waals surface area contributed by atoms with E-state index in [2.05, 4.69) is 15.1 Å². The van der Waals surface area contributed by atoms with Gasteiger partial charge in [-0.1, -0.05) is 23.7 Å². The Kier molecular flexibility index (Phi) is 7.71. The van der Waals surface area contributed by atoms with Crippen molar-refractivity contribution in [3.8, 4) is 17.2 Å². The summed E-state index contributed by atoms with van der Waals surface area (Å²) in [6, 6.07) is 20.7. The van der Waals surface area contributed by atoms with Crippen molar-refractivity contribution in [2.24, 2.45) is 5.10 Å². The average Bonchev–Trinajstić information content (AvgIpc) is 3.21. The van der Waals surface area contributed by atoms with Crippen molar-refractivity contribution in [1.29, 1.82) is 0 Å². The third-order valence-electron chi connectivity index (χ3n) is 5.60. The SMILES string of the molecule is COc1cc(/C=N\NC(=O)c2ccc(-n3c(C)ccc3C)cc2Cl)ccc1OCc1ccc(F)cc1. The minimum atomic E-state index is -0.421. The average molecular weight is 506 g/mol. The first-order chi connectivity index (χ1) is 17.4. The van der Waals surface area contributed by atoms with Crippen LogP contribution in [0.5, 0.6) is 11.5 Å². The Balaban J connectivity index is 1.40. The van der Waals surface area contributed by atoms with Gasteiger partial charge in [0.15, 0.2) is 11.5 Å². The maximum Gasteiger partial charge on any atom is 0.272 e. The molecule has 8 heteroatoms. The fourth-order valence-electron chi connectivity index (χ4n) is 3.75. The number of carbonyl (C=O) groups excluding carboxylic acids is 1. The van der Waals surface area contributed by atoms with Gasteiger partial charge in [-0.2, -0.15) is 5.10 Å². The molecule has 1 amide bonds. The van der Waals surface area contributed by atoms with E-state index < -0.39 is 5.91 Å². The van der Waals surface area contributed by atoms with Crippen LogP contribution in [0.15, 0.2) is 77.9 Å². The van der Waals surface area contributed by atoms with Crippen LogP contribution in [-0.4, -0.2) is 23.8 Å². The van der Waals surface area contributed by atoms with Crippen molar-refractivity contribution in [3.63, 3.8) is 0 Å². The van der Waals surface area contributed by atoms with E-state index in [1.165, 1.54) is 25.5 Å². The molecule has 1 aromatic heterocycles. The number of nitrogens with zero attached hydrogens (tertiary/aromatic N) is 2. The summed E-state index contributed by atoms with van der Waals surface area (Å²) in [6.45, 7) is 4.29. The smallest absolute Gasteiger partial charge is 0.272 e. The summed E-state index contributed by atoms with van der Waals surface area (Å²) in [6.07, 6.45) is 1.50. The van der Waals surface area contributed by atoms with Gasteiger partial charge in [0.25, 0.3) is 5.91 Å². The normalized spacial score (nSPS) is 11.0. The lowest BCUT2D eigenvalue weighted by molar-refractivity contribution is 0.0955. The van der Waals surface area contributed by atoms with E-state index in [-0.39, 0.29) is 12.4 Å². The molecule has 184 valence electrons. The maximum atomic E-state index is 13.1. The highest BCUT2D eigenvalue weighted by molar-refractivity contribution is 6.34. The molecule has 0 atom stereocenters. The molecule has 0 aliphatic heterocycles. The number of nitrogens with one attached hydrogen (secondary N) is 1. The Morgan fingerprint density at radius 3 is 2.39 bits per heavy atom. The molecule has 3 aromatic carbocycles. The van der Waals surface area contributed by atoms with Gasteiger partial charge in [0.2, 0.25) is 0 Å². The summed E-state index contributed by atoms with van der Waals surface area (Å²) in [7, 11) is 1.53. The summed E-state index contributed by atoms with van der Waals surface area (Å²) < 4.78 is 26.3. The Morgan fingerprint density at radius 2 is 1.72 bits per heavy atom. The molecule has 0 saturated carbocycles. The number of aromatic nitrogens is 1. The lowest BCUT2D eigenvalue weighted by Gasteiger charge is -2.12. The van der Waals surface area contributed by atoms with E-state index >= 15 is 0 Å². The van der Waals surface area contributed by atoms with Crippen LogP contribution in [0.1, 0.15) is 32.9 Å². The molecule has 1 N–H and O–H groups in total. The van der Waals surface area contributed by atoms with E-state index in [4.69, 9.17) is 21.1 Å². The molecule has 0 bridgehead atoms. The van der Waals surface area contributed by atoms with Crippen LogP contribution in [0, 0.1) is 19.7 Å². The van der Waals surface area contributed by atoms with Crippen LogP contribution in [0.3, 0.4) is 0 Å². The number of hydrazone groups is 1. The second-order valence-electron chi connectivity index (χ2n) is 8.14. The second kappa shape index (κ2) is 11.1. The van der Waals surface area contributed by atoms with Gasteiger partial charge in [0, 0.05) is 17.1 Å². The first-order valence-electron chi connectivity index (χ1n) is 11.2. The first-order valence-corrected chi connectivity index (χ1v) is 11.6. The number of ether oxygens (including phenoxy) is 2. The van der Waals surface area contributed by atoms with Crippen molar-refractivity contribution >= 4 is 23.7 Å². The number of hydrogen-bond acceptors (Lipinski definition) is 4. The number of methoxy groups -OCH3 is 1. The predicted octanol–water partition coefficient (Wildman–Crippen LogP) is 6.24. The van der Waals surface area contributed by atoms with E-state index in [9.17, 15) is 9.18 Å². The summed E-state index contributed by atoms with van der Waals surface area (Å²) in [5, 5.41) is 4.38. The Labute approximate surface area is 213 Å². The molecule has 0 fully saturated rings. The van der Waals surface area contributed by atoms with Gasteiger partial charge < -0.3 is 14.0 Å². The summed E-state index contributed by atoms with van der Waals surface area (Å²) >= 11 is 6.41. The lowest BCUT2D eigenvalue weighted by atomic mass is 10.2. The number of rotatable bonds is 8. The molecule has 0 aliphatic carbocycles. The van der Waals surface area contributed by atoms with Crippen molar-refractivity contribution < 1.29 is 18.7 Å². The maximum absolute atomic E-state index is 13.1. The minimum absolute atomic E-state index is 0.267. The molecule has 0 spiro atoms. The Morgan fingerprint density at radius 1 is 1.00 bits per heavy atom. The van der Waals surface area contributed by atoms with Gasteiger partial charge in [-0.15, -0.1) is 0 Å². The molecule has 4 rings (SSSR count). The molecular formula is C28H25ClFN3O3. The topological polar surface area (TPSA) is 64.8 Å². The first kappa shape index (κ1) is 25.0.